The molecule has 0 bridgehead atoms. The highest BCUT2D eigenvalue weighted by atomic mass is 16.5. The first-order valence-corrected chi connectivity index (χ1v) is 12.4. The zero-order valence-corrected chi connectivity index (χ0v) is 20.3. The topological polar surface area (TPSA) is 96.7 Å². The predicted octanol–water partition coefficient (Wildman–Crippen LogP) is 5.44. The van der Waals surface area contributed by atoms with Crippen molar-refractivity contribution in [2.75, 3.05) is 18.1 Å². The molecule has 0 unspecified atom stereocenters. The van der Waals surface area contributed by atoms with Gasteiger partial charge >= 0.3 is 0 Å². The highest BCUT2D eigenvalue weighted by molar-refractivity contribution is 5.81. The van der Waals surface area contributed by atoms with Gasteiger partial charge in [-0.15, -0.1) is 0 Å². The van der Waals surface area contributed by atoms with Crippen molar-refractivity contribution >= 4 is 5.82 Å². The largest absolute Gasteiger partial charge is 0.477 e. The Balaban J connectivity index is 1.65. The van der Waals surface area contributed by atoms with Gasteiger partial charge in [0.25, 0.3) is 0 Å². The first-order valence-electron chi connectivity index (χ1n) is 12.4. The van der Waals surface area contributed by atoms with Crippen molar-refractivity contribution in [1.29, 1.82) is 15.8 Å². The van der Waals surface area contributed by atoms with E-state index in [9.17, 15) is 15.8 Å². The van der Waals surface area contributed by atoms with Gasteiger partial charge in [0.2, 0.25) is 5.88 Å². The van der Waals surface area contributed by atoms with Gasteiger partial charge in [0.15, 0.2) is 5.41 Å². The highest BCUT2D eigenvalue weighted by Gasteiger charge is 2.51. The van der Waals surface area contributed by atoms with Crippen molar-refractivity contribution in [1.82, 2.24) is 4.98 Å². The third-order valence-corrected chi connectivity index (χ3v) is 7.47. The number of rotatable bonds is 5. The fourth-order valence-corrected chi connectivity index (χ4v) is 5.80. The maximum absolute atomic E-state index is 10.4. The van der Waals surface area contributed by atoms with Gasteiger partial charge in [-0.1, -0.05) is 60.7 Å². The minimum absolute atomic E-state index is 0.229. The normalized spacial score (nSPS) is 19.7. The zero-order valence-electron chi connectivity index (χ0n) is 20.3. The molecule has 0 aliphatic carbocycles. The Hall–Kier alpha value is -4.34. The second-order valence-electron chi connectivity index (χ2n) is 9.54. The van der Waals surface area contributed by atoms with E-state index in [2.05, 4.69) is 35.2 Å². The summed E-state index contributed by atoms with van der Waals surface area (Å²) in [6, 6.07) is 26.9. The van der Waals surface area contributed by atoms with Crippen LogP contribution in [-0.2, 0) is 12.8 Å². The van der Waals surface area contributed by atoms with Crippen molar-refractivity contribution in [3.05, 3.63) is 77.4 Å². The molecule has 1 saturated heterocycles. The number of nitriles is 3. The first-order chi connectivity index (χ1) is 17.6. The molecule has 2 aliphatic rings. The summed E-state index contributed by atoms with van der Waals surface area (Å²) < 4.78 is 5.85. The van der Waals surface area contributed by atoms with Gasteiger partial charge in [-0.3, -0.25) is 0 Å². The number of nitrogens with zero attached hydrogens (tertiary/aromatic N) is 5. The van der Waals surface area contributed by atoms with Crippen molar-refractivity contribution in [3.8, 4) is 35.2 Å². The maximum atomic E-state index is 10.4. The van der Waals surface area contributed by atoms with E-state index in [1.165, 1.54) is 5.56 Å². The van der Waals surface area contributed by atoms with E-state index in [4.69, 9.17) is 9.72 Å². The average molecular weight is 474 g/mol. The van der Waals surface area contributed by atoms with Crippen LogP contribution in [0.5, 0.6) is 5.88 Å². The number of piperidine rings is 1. The van der Waals surface area contributed by atoms with E-state index >= 15 is 0 Å². The third kappa shape index (κ3) is 3.94. The molecular weight excluding hydrogens is 446 g/mol. The number of ether oxygens (including phenoxy) is 1. The van der Waals surface area contributed by atoms with E-state index in [1.54, 1.807) is 0 Å². The second kappa shape index (κ2) is 9.73. The van der Waals surface area contributed by atoms with Gasteiger partial charge in [-0.25, -0.2) is 0 Å². The lowest BCUT2D eigenvalue weighted by Crippen LogP contribution is -2.56. The molecule has 36 heavy (non-hydrogen) atoms. The number of benzene rings is 2. The molecule has 5 rings (SSSR count). The Morgan fingerprint density at radius 2 is 1.72 bits per heavy atom. The van der Waals surface area contributed by atoms with Gasteiger partial charge in [0, 0.05) is 24.1 Å². The number of anilines is 1. The van der Waals surface area contributed by atoms with Crippen molar-refractivity contribution in [3.63, 3.8) is 0 Å². The van der Waals surface area contributed by atoms with Crippen molar-refractivity contribution < 1.29 is 4.74 Å². The van der Waals surface area contributed by atoms with Gasteiger partial charge < -0.3 is 9.64 Å². The molecule has 2 aromatic carbocycles. The molecule has 1 aromatic heterocycles. The number of aromatic nitrogens is 1. The lowest BCUT2D eigenvalue weighted by Gasteiger charge is -2.49. The fraction of sp³-hybridized carbons (Fsp3) is 0.333. The van der Waals surface area contributed by atoms with Crippen LogP contribution in [0.25, 0.3) is 11.1 Å². The summed E-state index contributed by atoms with van der Waals surface area (Å²) >= 11 is 0. The zero-order chi connectivity index (χ0) is 25.1. The van der Waals surface area contributed by atoms with Crippen LogP contribution in [-0.4, -0.2) is 24.2 Å². The smallest absolute Gasteiger partial charge is 0.234 e. The fourth-order valence-electron chi connectivity index (χ4n) is 5.80. The number of pyridine rings is 1. The van der Waals surface area contributed by atoms with E-state index in [-0.39, 0.29) is 12.5 Å². The molecule has 0 spiro atoms. The van der Waals surface area contributed by atoms with E-state index in [0.29, 0.717) is 36.1 Å². The van der Waals surface area contributed by atoms with Gasteiger partial charge in [0.1, 0.15) is 17.5 Å². The summed E-state index contributed by atoms with van der Waals surface area (Å²) in [5.41, 5.74) is 2.74. The van der Waals surface area contributed by atoms with E-state index < -0.39 is 5.41 Å². The Kier molecular flexibility index (Phi) is 6.32. The number of hydrogen-bond acceptors (Lipinski definition) is 6. The van der Waals surface area contributed by atoms with Crippen molar-refractivity contribution in [2.24, 2.45) is 11.3 Å². The molecule has 6 heteroatoms. The molecule has 0 amide bonds. The summed E-state index contributed by atoms with van der Waals surface area (Å²) in [5.74, 6) is 1.42. The van der Waals surface area contributed by atoms with Crippen LogP contribution < -0.4 is 9.64 Å². The van der Waals surface area contributed by atoms with Crippen LogP contribution in [0, 0.1) is 45.3 Å². The van der Waals surface area contributed by atoms with Crippen LogP contribution in [0.2, 0.25) is 0 Å². The van der Waals surface area contributed by atoms with Crippen LogP contribution >= 0.6 is 0 Å². The Labute approximate surface area is 212 Å². The summed E-state index contributed by atoms with van der Waals surface area (Å²) in [6.07, 6.45) is 2.82. The van der Waals surface area contributed by atoms with Crippen molar-refractivity contribution in [2.45, 2.75) is 38.6 Å². The van der Waals surface area contributed by atoms with E-state index in [0.717, 1.165) is 36.2 Å². The Morgan fingerprint density at radius 1 is 1.03 bits per heavy atom. The Bertz CT molecular complexity index is 1370. The van der Waals surface area contributed by atoms with Gasteiger partial charge in [-0.2, -0.15) is 20.8 Å². The van der Waals surface area contributed by atoms with E-state index in [1.807, 2.05) is 55.5 Å². The van der Waals surface area contributed by atoms with Crippen LogP contribution in [0.4, 0.5) is 5.82 Å². The Morgan fingerprint density at radius 3 is 2.36 bits per heavy atom. The number of hydrogen-bond donors (Lipinski definition) is 0. The summed E-state index contributed by atoms with van der Waals surface area (Å²) in [4.78, 5) is 6.99. The SMILES string of the molecule is CCOc1nc2c(c(-c3ccccc3)c1C#N)CC(C#N)(C#N)[C@H]1C[C@@H](Cc3ccccc3)CCN21. The molecule has 0 radical (unpaired) electrons. The minimum Gasteiger partial charge on any atom is -0.477 e. The van der Waals surface area contributed by atoms with Crippen LogP contribution in [0.1, 0.15) is 36.5 Å². The second-order valence-corrected chi connectivity index (χ2v) is 9.54. The molecule has 178 valence electrons. The summed E-state index contributed by atoms with van der Waals surface area (Å²) in [5, 5.41) is 30.9. The minimum atomic E-state index is -1.23. The van der Waals surface area contributed by atoms with Crippen LogP contribution in [0.15, 0.2) is 60.7 Å². The molecule has 1 fully saturated rings. The predicted molar refractivity (Wildman–Crippen MR) is 137 cm³/mol. The molecule has 6 nitrogen and oxygen atoms in total. The van der Waals surface area contributed by atoms with Crippen LogP contribution in [0.3, 0.4) is 0 Å². The summed E-state index contributed by atoms with van der Waals surface area (Å²) in [7, 11) is 0. The number of fused-ring (bicyclic) bond motifs is 3. The molecule has 3 heterocycles. The maximum Gasteiger partial charge on any atom is 0.234 e. The molecule has 0 saturated carbocycles. The lowest BCUT2D eigenvalue weighted by atomic mass is 9.67. The molecular formula is C30H27N5O. The third-order valence-electron chi connectivity index (χ3n) is 7.47. The first kappa shape index (κ1) is 23.4. The van der Waals surface area contributed by atoms with Gasteiger partial charge in [0.05, 0.1) is 24.8 Å². The molecule has 2 aliphatic heterocycles. The standard InChI is InChI=1S/C30H27N5O/c1-2-36-29-25(18-31)27(23-11-7-4-8-12-23)24-17-30(19-32,20-33)26-16-22(13-14-35(26)28(24)34-29)15-21-9-5-3-6-10-21/h3-12,22,26H,2,13-17H2,1H3/t22-,26-/m1/s1. The quantitative estimate of drug-likeness (QED) is 0.490. The van der Waals surface area contributed by atoms with Gasteiger partial charge in [-0.05, 0) is 43.2 Å². The highest BCUT2D eigenvalue weighted by Crippen LogP contribution is 2.50. The molecule has 0 N–H and O–H groups in total. The lowest BCUT2D eigenvalue weighted by molar-refractivity contribution is 0.245. The monoisotopic (exact) mass is 473 g/mol. The molecule has 3 aromatic rings. The summed E-state index contributed by atoms with van der Waals surface area (Å²) in [6.45, 7) is 2.95. The molecule has 2 atom stereocenters. The average Bonchev–Trinajstić information content (AvgIpc) is 2.93.